The van der Waals surface area contributed by atoms with E-state index in [0.717, 1.165) is 6.92 Å². The van der Waals surface area contributed by atoms with Gasteiger partial charge in [-0.25, -0.2) is 14.4 Å². The summed E-state index contributed by atoms with van der Waals surface area (Å²) in [6.45, 7) is 8.14. The van der Waals surface area contributed by atoms with Crippen molar-refractivity contribution in [3.63, 3.8) is 0 Å². The van der Waals surface area contributed by atoms with Gasteiger partial charge in [0.2, 0.25) is 0 Å². The average Bonchev–Trinajstić information content (AvgIpc) is 3.27. The Labute approximate surface area is 369 Å². The van der Waals surface area contributed by atoms with Crippen LogP contribution in [0, 0.1) is 16.7 Å². The molecule has 0 radical (unpaired) electrons. The molecular formula is C48H53NO15. The molecule has 7 rings (SSSR count). The van der Waals surface area contributed by atoms with Gasteiger partial charge in [-0.2, -0.15) is 0 Å². The molecular weight excluding hydrogens is 831 g/mol. The maximum Gasteiger partial charge on any atom is 0.509 e. The fourth-order valence-electron chi connectivity index (χ4n) is 10.2. The topological polar surface area (TPSA) is 231 Å². The molecule has 1 saturated heterocycles. The lowest BCUT2D eigenvalue weighted by atomic mass is 9.44. The van der Waals surface area contributed by atoms with E-state index in [9.17, 15) is 39.3 Å². The lowest BCUT2D eigenvalue weighted by Crippen LogP contribution is -2.82. The Hall–Kier alpha value is -5.94. The monoisotopic (exact) mass is 883 g/mol. The summed E-state index contributed by atoms with van der Waals surface area (Å²) in [6.07, 6.45) is -12.0. The van der Waals surface area contributed by atoms with Gasteiger partial charge in [0.05, 0.1) is 42.3 Å². The van der Waals surface area contributed by atoms with Crippen LogP contribution in [0.1, 0.15) is 86.7 Å². The summed E-state index contributed by atoms with van der Waals surface area (Å²) in [5.41, 5.74) is -7.35. The van der Waals surface area contributed by atoms with Crippen LogP contribution in [-0.2, 0) is 42.8 Å². The number of carbonyl (C=O) groups excluding carboxylic acids is 6. The van der Waals surface area contributed by atoms with E-state index in [2.05, 4.69) is 5.32 Å². The van der Waals surface area contributed by atoms with Crippen molar-refractivity contribution in [3.05, 3.63) is 119 Å². The molecule has 3 aromatic carbocycles. The van der Waals surface area contributed by atoms with Crippen LogP contribution in [0.15, 0.2) is 102 Å². The number of carbonyl (C=O) groups is 6. The molecule has 16 nitrogen and oxygen atoms in total. The van der Waals surface area contributed by atoms with Gasteiger partial charge in [0.25, 0.3) is 5.91 Å². The Morgan fingerprint density at radius 3 is 2.03 bits per heavy atom. The van der Waals surface area contributed by atoms with Crippen molar-refractivity contribution < 1.29 is 72.5 Å². The summed E-state index contributed by atoms with van der Waals surface area (Å²) in [5.74, 6) is -6.23. The van der Waals surface area contributed by atoms with Gasteiger partial charge in [-0.15, -0.1) is 0 Å². The van der Waals surface area contributed by atoms with E-state index in [4.69, 9.17) is 28.4 Å². The van der Waals surface area contributed by atoms with Crippen LogP contribution < -0.4 is 5.32 Å². The third-order valence-corrected chi connectivity index (χ3v) is 13.7. The number of aliphatic hydroxyl groups is 3. The van der Waals surface area contributed by atoms with E-state index in [1.165, 1.54) is 26.0 Å². The van der Waals surface area contributed by atoms with Crippen LogP contribution in [0.2, 0.25) is 0 Å². The highest BCUT2D eigenvalue weighted by Gasteiger charge is 2.78. The number of hydrogen-bond donors (Lipinski definition) is 4. The molecule has 11 atom stereocenters. The van der Waals surface area contributed by atoms with Gasteiger partial charge < -0.3 is 49.1 Å². The van der Waals surface area contributed by atoms with E-state index >= 15 is 4.79 Å². The van der Waals surface area contributed by atoms with E-state index in [-0.39, 0.29) is 41.9 Å². The lowest BCUT2D eigenvalue weighted by Gasteiger charge is -2.67. The summed E-state index contributed by atoms with van der Waals surface area (Å²) in [6, 6.07) is 22.8. The third-order valence-electron chi connectivity index (χ3n) is 13.7. The quantitative estimate of drug-likeness (QED) is 0.119. The molecule has 64 heavy (non-hydrogen) atoms. The van der Waals surface area contributed by atoms with Crippen molar-refractivity contribution in [2.45, 2.75) is 108 Å². The molecule has 1 aliphatic heterocycles. The van der Waals surface area contributed by atoms with Crippen LogP contribution in [0.3, 0.4) is 0 Å². The molecule has 1 amide bonds. The van der Waals surface area contributed by atoms with Crippen molar-refractivity contribution in [3.8, 4) is 0 Å². The number of aliphatic hydroxyl groups excluding tert-OH is 2. The molecule has 4 aliphatic rings. The fourth-order valence-corrected chi connectivity index (χ4v) is 10.2. The highest BCUT2D eigenvalue weighted by atomic mass is 16.8. The Morgan fingerprint density at radius 1 is 0.875 bits per heavy atom. The SMILES string of the molecule is CCOC(=O)O[C@@]12CO[C@@H]1C[C@H](O)[C@@]1(C)C(=O)[C@H](OC(C)=O)C3=C(C)[C@@H](OC(=O)[C@H](O)[C@@H](NC(=O)c4ccccc4)c4ccccc4)C[C@@](O)([C@@H](OC(=O)c4ccccc4)C12)C3(C)C. The number of benzene rings is 3. The first-order valence-electron chi connectivity index (χ1n) is 21.2. The van der Waals surface area contributed by atoms with Crippen LogP contribution in [0.4, 0.5) is 4.79 Å². The summed E-state index contributed by atoms with van der Waals surface area (Å²) >= 11 is 0. The summed E-state index contributed by atoms with van der Waals surface area (Å²) in [5, 5.41) is 40.4. The number of hydrogen-bond acceptors (Lipinski definition) is 15. The van der Waals surface area contributed by atoms with Crippen molar-refractivity contribution in [1.82, 2.24) is 5.32 Å². The second-order valence-electron chi connectivity index (χ2n) is 17.5. The zero-order chi connectivity index (χ0) is 46.4. The highest BCUT2D eigenvalue weighted by molar-refractivity contribution is 5.96. The second-order valence-corrected chi connectivity index (χ2v) is 17.5. The number of esters is 3. The first kappa shape index (κ1) is 46.1. The molecule has 0 aromatic heterocycles. The number of rotatable bonds is 11. The normalized spacial score (nSPS) is 31.2. The minimum Gasteiger partial charge on any atom is -0.456 e. The number of ketones is 1. The number of ether oxygens (including phenoxy) is 6. The Kier molecular flexibility index (Phi) is 12.6. The molecule has 3 aromatic rings. The second kappa shape index (κ2) is 17.6. The minimum absolute atomic E-state index is 0.0225. The van der Waals surface area contributed by atoms with Crippen LogP contribution >= 0.6 is 0 Å². The van der Waals surface area contributed by atoms with Crippen molar-refractivity contribution in [2.75, 3.05) is 13.2 Å². The van der Waals surface area contributed by atoms with E-state index in [1.807, 2.05) is 0 Å². The van der Waals surface area contributed by atoms with Gasteiger partial charge in [0, 0.05) is 30.7 Å². The van der Waals surface area contributed by atoms with Crippen molar-refractivity contribution in [1.29, 1.82) is 0 Å². The standard InChI is InChI=1S/C48H53NO15/c1-7-59-44(57)64-47-25-60-33(47)23-32(51)46(6)38(47)40(63-42(55)30-21-15-10-16-22-30)48(58)24-31(26(2)34(45(48,4)5)37(39(46)53)61-27(3)50)62-43(56)36(52)35(28-17-11-8-12-18-28)49-41(54)29-19-13-9-14-20-29/h8-22,31-33,35-38,40,51-52,58H,7,23-25H2,1-6H3,(H,49,54)/t31-,32-,33+,35-,36+,37+,38?,40-,46+,47-,48+/m0/s1. The van der Waals surface area contributed by atoms with Crippen LogP contribution in [0.25, 0.3) is 0 Å². The molecule has 2 saturated carbocycles. The first-order valence-corrected chi connectivity index (χ1v) is 21.2. The predicted molar refractivity (Wildman–Crippen MR) is 224 cm³/mol. The van der Waals surface area contributed by atoms with Gasteiger partial charge in [-0.3, -0.25) is 14.4 Å². The number of fused-ring (bicyclic) bond motifs is 5. The smallest absolute Gasteiger partial charge is 0.456 e. The average molecular weight is 884 g/mol. The van der Waals surface area contributed by atoms with Crippen molar-refractivity contribution in [2.24, 2.45) is 16.7 Å². The van der Waals surface area contributed by atoms with E-state index < -0.39 is 113 Å². The zero-order valence-electron chi connectivity index (χ0n) is 36.3. The summed E-state index contributed by atoms with van der Waals surface area (Å²) in [4.78, 5) is 84.1. The minimum atomic E-state index is -2.43. The van der Waals surface area contributed by atoms with Gasteiger partial charge >= 0.3 is 24.1 Å². The van der Waals surface area contributed by atoms with Crippen LogP contribution in [-0.4, -0.2) is 112 Å². The maximum absolute atomic E-state index is 15.6. The van der Waals surface area contributed by atoms with E-state index in [1.54, 1.807) is 99.6 Å². The molecule has 2 bridgehead atoms. The maximum atomic E-state index is 15.6. The summed E-state index contributed by atoms with van der Waals surface area (Å²) < 4.78 is 35.6. The van der Waals surface area contributed by atoms with Gasteiger partial charge in [-0.1, -0.05) is 80.6 Å². The molecule has 16 heteroatoms. The molecule has 1 heterocycles. The number of amides is 1. The fraction of sp³-hybridized carbons (Fsp3) is 0.458. The molecule has 3 fully saturated rings. The number of nitrogens with one attached hydrogen (secondary N) is 1. The predicted octanol–water partition coefficient (Wildman–Crippen LogP) is 4.35. The molecule has 1 unspecified atom stereocenters. The molecule has 0 spiro atoms. The zero-order valence-corrected chi connectivity index (χ0v) is 36.3. The Bertz CT molecular complexity index is 2320. The summed E-state index contributed by atoms with van der Waals surface area (Å²) in [7, 11) is 0. The third kappa shape index (κ3) is 7.75. The van der Waals surface area contributed by atoms with E-state index in [0.29, 0.717) is 5.56 Å². The van der Waals surface area contributed by atoms with Gasteiger partial charge in [0.15, 0.2) is 23.6 Å². The van der Waals surface area contributed by atoms with Gasteiger partial charge in [0.1, 0.15) is 23.9 Å². The highest BCUT2D eigenvalue weighted by Crippen LogP contribution is 2.64. The lowest BCUT2D eigenvalue weighted by molar-refractivity contribution is -0.344. The van der Waals surface area contributed by atoms with Crippen molar-refractivity contribution >= 4 is 35.8 Å². The number of Topliss-reactive ketones (excluding diaryl/α,β-unsaturated/α-hetero) is 1. The molecule has 340 valence electrons. The Morgan fingerprint density at radius 2 is 1.47 bits per heavy atom. The molecule has 4 N–H and O–H groups in total. The Balaban J connectivity index is 1.39. The van der Waals surface area contributed by atoms with Gasteiger partial charge in [-0.05, 0) is 61.7 Å². The van der Waals surface area contributed by atoms with Crippen LogP contribution in [0.5, 0.6) is 0 Å². The first-order chi connectivity index (χ1) is 30.3. The largest absolute Gasteiger partial charge is 0.509 e. The molecule has 3 aliphatic carbocycles.